The van der Waals surface area contributed by atoms with Gasteiger partial charge in [0.2, 0.25) is 5.69 Å². The maximum atomic E-state index is 10.6. The molecule has 1 heterocycles. The van der Waals surface area contributed by atoms with Gasteiger partial charge in [-0.3, -0.25) is 5.73 Å². The zero-order valence-electron chi connectivity index (χ0n) is 4.98. The van der Waals surface area contributed by atoms with E-state index in [9.17, 15) is 5.21 Å². The number of hydrogen-bond donors (Lipinski definition) is 1. The molecule has 0 radical (unpaired) electrons. The Morgan fingerprint density at radius 1 is 1.80 bits per heavy atom. The van der Waals surface area contributed by atoms with Crippen molar-refractivity contribution >= 4 is 5.82 Å². The highest BCUT2D eigenvalue weighted by atomic mass is 16.5. The highest BCUT2D eigenvalue weighted by Gasteiger charge is 2.04. The number of nitrogens with two attached hydrogens (primary N) is 1. The van der Waals surface area contributed by atoms with Crippen molar-refractivity contribution in [3.05, 3.63) is 23.3 Å². The molecular formula is C5H4N4O. The number of anilines is 1. The van der Waals surface area contributed by atoms with Gasteiger partial charge >= 0.3 is 5.82 Å². The van der Waals surface area contributed by atoms with Gasteiger partial charge in [-0.05, 0) is 0 Å². The molecule has 0 aliphatic carbocycles. The van der Waals surface area contributed by atoms with Crippen LogP contribution in [0.15, 0.2) is 12.4 Å². The Balaban J connectivity index is 3.31. The number of nitriles is 1. The third kappa shape index (κ3) is 0.821. The molecule has 0 amide bonds. The first-order valence-corrected chi connectivity index (χ1v) is 2.49. The molecule has 0 atom stereocenters. The van der Waals surface area contributed by atoms with E-state index in [-0.39, 0.29) is 11.5 Å². The highest BCUT2D eigenvalue weighted by Crippen LogP contribution is 1.96. The summed E-state index contributed by atoms with van der Waals surface area (Å²) in [6, 6.07) is 1.68. The van der Waals surface area contributed by atoms with Crippen LogP contribution in [-0.2, 0) is 0 Å². The monoisotopic (exact) mass is 136 g/mol. The number of rotatable bonds is 0. The summed E-state index contributed by atoms with van der Waals surface area (Å²) >= 11 is 0. The van der Waals surface area contributed by atoms with Gasteiger partial charge in [-0.25, -0.2) is 9.71 Å². The Kier molecular flexibility index (Phi) is 1.38. The largest absolute Gasteiger partial charge is 0.710 e. The predicted molar refractivity (Wildman–Crippen MR) is 32.3 cm³/mol. The summed E-state index contributed by atoms with van der Waals surface area (Å²) in [4.78, 5) is 3.55. The maximum absolute atomic E-state index is 10.6. The molecule has 0 spiro atoms. The molecule has 0 aliphatic heterocycles. The van der Waals surface area contributed by atoms with Gasteiger partial charge in [0.05, 0.1) is 6.20 Å². The average molecular weight is 136 g/mol. The van der Waals surface area contributed by atoms with E-state index in [1.54, 1.807) is 6.07 Å². The average Bonchev–Trinajstić information content (AvgIpc) is 1.95. The molecule has 1 aromatic rings. The molecule has 0 aliphatic rings. The van der Waals surface area contributed by atoms with Crippen LogP contribution in [0, 0.1) is 16.5 Å². The predicted octanol–water partition coefficient (Wildman–Crippen LogP) is -0.831. The summed E-state index contributed by atoms with van der Waals surface area (Å²) in [5.74, 6) is -0.162. The number of nitrogens with zero attached hydrogens (tertiary/aromatic N) is 3. The van der Waals surface area contributed by atoms with Crippen molar-refractivity contribution in [3.8, 4) is 6.07 Å². The third-order valence-electron chi connectivity index (χ3n) is 0.992. The number of hydrogen-bond acceptors (Lipinski definition) is 4. The molecule has 5 nitrogen and oxygen atoms in total. The van der Waals surface area contributed by atoms with Gasteiger partial charge in [-0.15, -0.1) is 0 Å². The fourth-order valence-corrected chi connectivity index (χ4v) is 0.505. The first kappa shape index (κ1) is 6.29. The fourth-order valence-electron chi connectivity index (χ4n) is 0.505. The Labute approximate surface area is 56.9 Å². The number of nitrogen functional groups attached to an aromatic ring is 1. The molecule has 1 rings (SSSR count). The molecule has 0 unspecified atom stereocenters. The van der Waals surface area contributed by atoms with Crippen LogP contribution in [0.2, 0.25) is 0 Å². The second-order valence-corrected chi connectivity index (χ2v) is 1.60. The van der Waals surface area contributed by atoms with E-state index in [1.807, 2.05) is 0 Å². The van der Waals surface area contributed by atoms with Gasteiger partial charge in [-0.1, -0.05) is 0 Å². The minimum absolute atomic E-state index is 0.0440. The van der Waals surface area contributed by atoms with Crippen molar-refractivity contribution in [1.29, 1.82) is 5.26 Å². The maximum Gasteiger partial charge on any atom is 0.312 e. The van der Waals surface area contributed by atoms with E-state index in [4.69, 9.17) is 11.0 Å². The van der Waals surface area contributed by atoms with E-state index in [2.05, 4.69) is 4.98 Å². The van der Waals surface area contributed by atoms with E-state index >= 15 is 0 Å². The molecule has 50 valence electrons. The van der Waals surface area contributed by atoms with Gasteiger partial charge in [0.1, 0.15) is 12.3 Å². The smallest absolute Gasteiger partial charge is 0.312 e. The lowest BCUT2D eigenvalue weighted by Gasteiger charge is -2.01. The quantitative estimate of drug-likeness (QED) is 0.372. The lowest BCUT2D eigenvalue weighted by atomic mass is 10.4. The summed E-state index contributed by atoms with van der Waals surface area (Å²) in [6.07, 6.45) is 2.36. The first-order chi connectivity index (χ1) is 4.75. The van der Waals surface area contributed by atoms with E-state index in [1.165, 1.54) is 6.20 Å². The van der Waals surface area contributed by atoms with Gasteiger partial charge in [0.15, 0.2) is 0 Å². The van der Waals surface area contributed by atoms with Crippen molar-refractivity contribution in [2.24, 2.45) is 0 Å². The van der Waals surface area contributed by atoms with Crippen LogP contribution in [0.25, 0.3) is 0 Å². The molecule has 5 heteroatoms. The van der Waals surface area contributed by atoms with Crippen LogP contribution in [0.1, 0.15) is 5.69 Å². The van der Waals surface area contributed by atoms with Crippen LogP contribution in [-0.4, -0.2) is 4.98 Å². The highest BCUT2D eigenvalue weighted by molar-refractivity contribution is 5.37. The molecule has 0 bridgehead atoms. The minimum Gasteiger partial charge on any atom is -0.710 e. The van der Waals surface area contributed by atoms with Crippen LogP contribution < -0.4 is 10.5 Å². The zero-order chi connectivity index (χ0) is 7.56. The van der Waals surface area contributed by atoms with E-state index in [0.717, 1.165) is 6.20 Å². The van der Waals surface area contributed by atoms with Gasteiger partial charge in [0, 0.05) is 0 Å². The van der Waals surface area contributed by atoms with Crippen molar-refractivity contribution in [3.63, 3.8) is 0 Å². The summed E-state index contributed by atoms with van der Waals surface area (Å²) in [7, 11) is 0. The molecule has 10 heavy (non-hydrogen) atoms. The second-order valence-electron chi connectivity index (χ2n) is 1.60. The minimum atomic E-state index is -0.162. The normalized spacial score (nSPS) is 8.70. The topological polar surface area (TPSA) is 89.6 Å². The molecule has 1 aromatic heterocycles. The molecule has 0 fully saturated rings. The SMILES string of the molecule is N#Cc1ncc[n+]([O-])c1N. The van der Waals surface area contributed by atoms with Crippen LogP contribution in [0.5, 0.6) is 0 Å². The van der Waals surface area contributed by atoms with Gasteiger partial charge in [0.25, 0.3) is 0 Å². The van der Waals surface area contributed by atoms with Crippen LogP contribution in [0.4, 0.5) is 5.82 Å². The van der Waals surface area contributed by atoms with Gasteiger partial charge < -0.3 is 5.21 Å². The summed E-state index contributed by atoms with van der Waals surface area (Å²) in [5, 5.41) is 18.9. The van der Waals surface area contributed by atoms with Crippen molar-refractivity contribution in [2.75, 3.05) is 5.73 Å². The standard InChI is InChI=1S/C5H4N4O/c6-3-4-5(7)9(10)2-1-8-4/h1-2H,7H2. The molecule has 0 saturated carbocycles. The molecular weight excluding hydrogens is 132 g/mol. The van der Waals surface area contributed by atoms with Crippen molar-refractivity contribution < 1.29 is 4.73 Å². The van der Waals surface area contributed by atoms with Crippen molar-refractivity contribution in [1.82, 2.24) is 4.98 Å². The van der Waals surface area contributed by atoms with Gasteiger partial charge in [-0.2, -0.15) is 5.26 Å². The Morgan fingerprint density at radius 2 is 2.50 bits per heavy atom. The second kappa shape index (κ2) is 2.19. The molecule has 0 aromatic carbocycles. The first-order valence-electron chi connectivity index (χ1n) is 2.49. The third-order valence-corrected chi connectivity index (χ3v) is 0.992. The van der Waals surface area contributed by atoms with E-state index in [0.29, 0.717) is 4.73 Å². The van der Waals surface area contributed by atoms with Crippen molar-refractivity contribution in [2.45, 2.75) is 0 Å². The van der Waals surface area contributed by atoms with Crippen LogP contribution >= 0.6 is 0 Å². The Morgan fingerprint density at radius 3 is 3.00 bits per heavy atom. The Bertz CT molecular complexity index is 290. The summed E-state index contributed by atoms with van der Waals surface area (Å²) in [5.41, 5.74) is 5.11. The molecule has 2 N–H and O–H groups in total. The summed E-state index contributed by atoms with van der Waals surface area (Å²) in [6.45, 7) is 0. The molecule has 0 saturated heterocycles. The number of aromatic nitrogens is 2. The van der Waals surface area contributed by atoms with E-state index < -0.39 is 0 Å². The lowest BCUT2D eigenvalue weighted by molar-refractivity contribution is -0.590. The van der Waals surface area contributed by atoms with Crippen LogP contribution in [0.3, 0.4) is 0 Å². The Hall–Kier alpha value is -1.83. The fraction of sp³-hybridized carbons (Fsp3) is 0. The summed E-state index contributed by atoms with van der Waals surface area (Å²) < 4.78 is 0.394. The zero-order valence-corrected chi connectivity index (χ0v) is 4.98. The lowest BCUT2D eigenvalue weighted by Crippen LogP contribution is -2.31.